The fourth-order valence-electron chi connectivity index (χ4n) is 2.61. The lowest BCUT2D eigenvalue weighted by Crippen LogP contribution is -2.02. The van der Waals surface area contributed by atoms with Gasteiger partial charge in [0.05, 0.1) is 16.1 Å². The molecule has 0 unspecified atom stereocenters. The Hall–Kier alpha value is -2.39. The van der Waals surface area contributed by atoms with Crippen molar-refractivity contribution in [3.8, 4) is 0 Å². The Balaban J connectivity index is 2.35. The first-order chi connectivity index (χ1) is 10.1. The molecule has 0 amide bonds. The summed E-state index contributed by atoms with van der Waals surface area (Å²) in [6.07, 6.45) is 0. The highest BCUT2D eigenvalue weighted by molar-refractivity contribution is 6.40. The second kappa shape index (κ2) is 4.30. The number of hydrogen-bond donors (Lipinski definition) is 0. The summed E-state index contributed by atoms with van der Waals surface area (Å²) in [5.74, 6) is 0. The highest BCUT2D eigenvalue weighted by Crippen LogP contribution is 2.32. The number of rotatable bonds is 0. The Morgan fingerprint density at radius 3 is 2.76 bits per heavy atom. The second-order valence-corrected chi connectivity index (χ2v) is 5.43. The van der Waals surface area contributed by atoms with Crippen molar-refractivity contribution < 1.29 is 4.42 Å². The van der Waals surface area contributed by atoms with Gasteiger partial charge in [0.25, 0.3) is 0 Å². The predicted octanol–water partition coefficient (Wildman–Crippen LogP) is 4.46. The minimum atomic E-state index is -0.452. The van der Waals surface area contributed by atoms with E-state index in [2.05, 4.69) is 4.98 Å². The molecule has 2 heterocycles. The van der Waals surface area contributed by atoms with Gasteiger partial charge >= 0.3 is 5.63 Å². The Morgan fingerprint density at radius 2 is 1.90 bits per heavy atom. The third kappa shape index (κ3) is 1.74. The molecule has 21 heavy (non-hydrogen) atoms. The standard InChI is InChI=1S/C17H10ClNO2/c1-9-6-7-11-13(8-9)21-17(20)14-15(18)10-4-2-3-5-12(10)19-16(11)14/h2-8H,1H3. The summed E-state index contributed by atoms with van der Waals surface area (Å²) in [6.45, 7) is 1.95. The Bertz CT molecular complexity index is 1080. The van der Waals surface area contributed by atoms with E-state index < -0.39 is 5.63 Å². The molecule has 4 aromatic rings. The molecule has 0 saturated carbocycles. The van der Waals surface area contributed by atoms with E-state index in [1.54, 1.807) is 0 Å². The van der Waals surface area contributed by atoms with Crippen LogP contribution in [0.4, 0.5) is 0 Å². The summed E-state index contributed by atoms with van der Waals surface area (Å²) >= 11 is 6.41. The highest BCUT2D eigenvalue weighted by atomic mass is 35.5. The SMILES string of the molecule is Cc1ccc2c(c1)oc(=O)c1c(Cl)c3ccccc3nc12. The first kappa shape index (κ1) is 12.4. The summed E-state index contributed by atoms with van der Waals surface area (Å²) in [5, 5.41) is 2.28. The van der Waals surface area contributed by atoms with Crippen LogP contribution in [0.15, 0.2) is 51.7 Å². The van der Waals surface area contributed by atoms with Crippen LogP contribution in [0.3, 0.4) is 0 Å². The number of nitrogens with zero attached hydrogens (tertiary/aromatic N) is 1. The quantitative estimate of drug-likeness (QED) is 0.273. The molecule has 0 radical (unpaired) electrons. The van der Waals surface area contributed by atoms with Crippen LogP contribution in [0.2, 0.25) is 5.02 Å². The monoisotopic (exact) mass is 295 g/mol. The molecule has 102 valence electrons. The molecule has 0 bridgehead atoms. The zero-order valence-electron chi connectivity index (χ0n) is 11.2. The van der Waals surface area contributed by atoms with Crippen molar-refractivity contribution in [1.82, 2.24) is 4.98 Å². The second-order valence-electron chi connectivity index (χ2n) is 5.06. The van der Waals surface area contributed by atoms with Crippen molar-refractivity contribution in [1.29, 1.82) is 0 Å². The first-order valence-corrected chi connectivity index (χ1v) is 6.94. The predicted molar refractivity (Wildman–Crippen MR) is 85.0 cm³/mol. The Morgan fingerprint density at radius 1 is 1.10 bits per heavy atom. The van der Waals surface area contributed by atoms with Crippen molar-refractivity contribution >= 4 is 44.4 Å². The summed E-state index contributed by atoms with van der Waals surface area (Å²) < 4.78 is 5.41. The molecule has 0 aliphatic carbocycles. The number of hydrogen-bond acceptors (Lipinski definition) is 3. The maximum Gasteiger partial charge on any atom is 0.347 e. The number of pyridine rings is 1. The molecule has 4 rings (SSSR count). The lowest BCUT2D eigenvalue weighted by molar-refractivity contribution is 0.569. The van der Waals surface area contributed by atoms with Gasteiger partial charge in [-0.3, -0.25) is 0 Å². The van der Waals surface area contributed by atoms with Gasteiger partial charge in [-0.05, 0) is 30.7 Å². The molecule has 0 atom stereocenters. The highest BCUT2D eigenvalue weighted by Gasteiger charge is 2.15. The maximum absolute atomic E-state index is 12.3. The van der Waals surface area contributed by atoms with Gasteiger partial charge in [-0.15, -0.1) is 0 Å². The van der Waals surface area contributed by atoms with Crippen molar-refractivity contribution in [3.05, 3.63) is 63.5 Å². The fraction of sp³-hybridized carbons (Fsp3) is 0.0588. The van der Waals surface area contributed by atoms with E-state index in [1.165, 1.54) is 0 Å². The van der Waals surface area contributed by atoms with Crippen LogP contribution in [0, 0.1) is 6.92 Å². The molecule has 0 saturated heterocycles. The molecular formula is C17H10ClNO2. The van der Waals surface area contributed by atoms with Gasteiger partial charge in [-0.2, -0.15) is 0 Å². The van der Waals surface area contributed by atoms with Gasteiger partial charge in [-0.25, -0.2) is 9.78 Å². The first-order valence-electron chi connectivity index (χ1n) is 6.56. The summed E-state index contributed by atoms with van der Waals surface area (Å²) in [6, 6.07) is 13.2. The molecular weight excluding hydrogens is 286 g/mol. The van der Waals surface area contributed by atoms with E-state index in [9.17, 15) is 4.79 Å². The molecule has 0 spiro atoms. The van der Waals surface area contributed by atoms with Gasteiger partial charge in [-0.1, -0.05) is 35.9 Å². The lowest BCUT2D eigenvalue weighted by Gasteiger charge is -2.07. The zero-order chi connectivity index (χ0) is 14.6. The maximum atomic E-state index is 12.3. The summed E-state index contributed by atoms with van der Waals surface area (Å²) in [7, 11) is 0. The normalized spacial score (nSPS) is 11.5. The average Bonchev–Trinajstić information content (AvgIpc) is 2.47. The van der Waals surface area contributed by atoms with Crippen LogP contribution in [0.5, 0.6) is 0 Å². The van der Waals surface area contributed by atoms with Gasteiger partial charge in [0, 0.05) is 10.8 Å². The third-order valence-corrected chi connectivity index (χ3v) is 4.02. The zero-order valence-corrected chi connectivity index (χ0v) is 11.9. The number of halogens is 1. The van der Waals surface area contributed by atoms with Crippen LogP contribution in [-0.4, -0.2) is 4.98 Å². The molecule has 0 aliphatic rings. The molecule has 0 aliphatic heterocycles. The summed E-state index contributed by atoms with van der Waals surface area (Å²) in [5.41, 5.74) is 2.46. The molecule has 4 heteroatoms. The van der Waals surface area contributed by atoms with E-state index in [1.807, 2.05) is 49.4 Å². The minimum absolute atomic E-state index is 0.340. The number of para-hydroxylation sites is 1. The van der Waals surface area contributed by atoms with Crippen LogP contribution in [0.25, 0.3) is 32.8 Å². The molecule has 0 N–H and O–H groups in total. The summed E-state index contributed by atoms with van der Waals surface area (Å²) in [4.78, 5) is 16.9. The smallest absolute Gasteiger partial charge is 0.347 e. The third-order valence-electron chi connectivity index (χ3n) is 3.63. The van der Waals surface area contributed by atoms with E-state index in [0.717, 1.165) is 21.9 Å². The van der Waals surface area contributed by atoms with Gasteiger partial charge < -0.3 is 4.42 Å². The van der Waals surface area contributed by atoms with Crippen molar-refractivity contribution in [2.75, 3.05) is 0 Å². The van der Waals surface area contributed by atoms with Gasteiger partial charge in [0.15, 0.2) is 0 Å². The average molecular weight is 296 g/mol. The van der Waals surface area contributed by atoms with Gasteiger partial charge in [0.2, 0.25) is 0 Å². The Labute approximate surface area is 124 Å². The fourth-order valence-corrected chi connectivity index (χ4v) is 2.94. The topological polar surface area (TPSA) is 43.1 Å². The van der Waals surface area contributed by atoms with Crippen molar-refractivity contribution in [2.45, 2.75) is 6.92 Å². The number of aryl methyl sites for hydroxylation is 1. The van der Waals surface area contributed by atoms with Crippen molar-refractivity contribution in [2.24, 2.45) is 0 Å². The van der Waals surface area contributed by atoms with Crippen LogP contribution in [-0.2, 0) is 0 Å². The van der Waals surface area contributed by atoms with E-state index in [-0.39, 0.29) is 0 Å². The lowest BCUT2D eigenvalue weighted by atomic mass is 10.1. The Kier molecular flexibility index (Phi) is 2.53. The van der Waals surface area contributed by atoms with E-state index in [4.69, 9.17) is 16.0 Å². The number of fused-ring (bicyclic) bond motifs is 4. The largest absolute Gasteiger partial charge is 0.422 e. The molecule has 2 aromatic carbocycles. The van der Waals surface area contributed by atoms with Crippen molar-refractivity contribution in [3.63, 3.8) is 0 Å². The number of benzene rings is 2. The van der Waals surface area contributed by atoms with Gasteiger partial charge in [0.1, 0.15) is 11.0 Å². The van der Waals surface area contributed by atoms with Crippen LogP contribution < -0.4 is 5.63 Å². The van der Waals surface area contributed by atoms with Crippen LogP contribution >= 0.6 is 11.6 Å². The minimum Gasteiger partial charge on any atom is -0.422 e. The van der Waals surface area contributed by atoms with E-state index >= 15 is 0 Å². The molecule has 0 fully saturated rings. The molecule has 2 aromatic heterocycles. The van der Waals surface area contributed by atoms with E-state index in [0.29, 0.717) is 21.5 Å². The molecule has 3 nitrogen and oxygen atoms in total. The number of aromatic nitrogens is 1. The van der Waals surface area contributed by atoms with Crippen LogP contribution in [0.1, 0.15) is 5.56 Å².